The second kappa shape index (κ2) is 9.78. The molecule has 1 heterocycles. The molecule has 3 aromatic carbocycles. The van der Waals surface area contributed by atoms with Crippen molar-refractivity contribution in [3.05, 3.63) is 84.4 Å². The van der Waals surface area contributed by atoms with Crippen LogP contribution in [0.1, 0.15) is 23.2 Å². The maximum absolute atomic E-state index is 12.4. The fourth-order valence-electron chi connectivity index (χ4n) is 3.47. The molecule has 3 aromatic rings. The van der Waals surface area contributed by atoms with Gasteiger partial charge in [0.1, 0.15) is 11.5 Å². The molecule has 162 valence electrons. The molecule has 0 spiro atoms. The molecule has 0 aliphatic carbocycles. The van der Waals surface area contributed by atoms with Crippen molar-refractivity contribution in [2.75, 3.05) is 23.3 Å². The van der Waals surface area contributed by atoms with Crippen LogP contribution in [0.25, 0.3) is 0 Å². The van der Waals surface area contributed by atoms with Crippen molar-refractivity contribution < 1.29 is 19.1 Å². The molecule has 1 aliphatic heterocycles. The number of nitrogens with one attached hydrogen (secondary N) is 2. The summed E-state index contributed by atoms with van der Waals surface area (Å²) in [5, 5.41) is 5.40. The maximum atomic E-state index is 12.4. The van der Waals surface area contributed by atoms with Crippen LogP contribution in [0.15, 0.2) is 78.9 Å². The summed E-state index contributed by atoms with van der Waals surface area (Å²) in [4.78, 5) is 38.5. The summed E-state index contributed by atoms with van der Waals surface area (Å²) in [6.07, 6.45) is 1.31. The smallest absolute Gasteiger partial charge is 0.251 e. The Bertz CT molecular complexity index is 1110. The number of nitrogens with zero attached hydrogens (tertiary/aromatic N) is 1. The second-order valence-electron chi connectivity index (χ2n) is 7.34. The first kappa shape index (κ1) is 21.1. The van der Waals surface area contributed by atoms with E-state index in [1.807, 2.05) is 36.4 Å². The van der Waals surface area contributed by atoms with Crippen molar-refractivity contribution in [1.29, 1.82) is 0 Å². The van der Waals surface area contributed by atoms with E-state index in [1.54, 1.807) is 47.4 Å². The van der Waals surface area contributed by atoms with Crippen LogP contribution in [0.4, 0.5) is 11.4 Å². The van der Waals surface area contributed by atoms with Crippen molar-refractivity contribution in [2.24, 2.45) is 0 Å². The van der Waals surface area contributed by atoms with E-state index >= 15 is 0 Å². The van der Waals surface area contributed by atoms with Gasteiger partial charge >= 0.3 is 0 Å². The molecule has 1 saturated heterocycles. The van der Waals surface area contributed by atoms with Crippen LogP contribution in [0.3, 0.4) is 0 Å². The largest absolute Gasteiger partial charge is 0.457 e. The molecule has 0 radical (unpaired) electrons. The Kier molecular flexibility index (Phi) is 6.46. The number of hydrogen-bond acceptors (Lipinski definition) is 4. The molecule has 0 atom stereocenters. The average molecular weight is 429 g/mol. The molecule has 0 saturated carbocycles. The summed E-state index contributed by atoms with van der Waals surface area (Å²) in [5.74, 6) is 0.617. The minimum absolute atomic E-state index is 0.0414. The van der Waals surface area contributed by atoms with Gasteiger partial charge in [0, 0.05) is 18.5 Å². The highest BCUT2D eigenvalue weighted by molar-refractivity contribution is 6.03. The minimum Gasteiger partial charge on any atom is -0.457 e. The zero-order chi connectivity index (χ0) is 22.3. The fourth-order valence-corrected chi connectivity index (χ4v) is 3.47. The number of hydrogen-bond donors (Lipinski definition) is 2. The van der Waals surface area contributed by atoms with E-state index in [9.17, 15) is 14.4 Å². The van der Waals surface area contributed by atoms with Crippen LogP contribution >= 0.6 is 0 Å². The Labute approximate surface area is 186 Å². The number of benzene rings is 3. The molecule has 0 unspecified atom stereocenters. The standard InChI is InChI=1S/C25H23N3O4/c29-23(27-21-9-4-5-10-22(21)28-16-6-11-24(28)30)17-26-25(31)18-12-14-20(15-13-18)32-19-7-2-1-3-8-19/h1-5,7-10,12-15H,6,11,16-17H2,(H,26,31)(H,27,29). The van der Waals surface area contributed by atoms with E-state index in [0.717, 1.165) is 6.42 Å². The van der Waals surface area contributed by atoms with Crippen LogP contribution in [0.2, 0.25) is 0 Å². The summed E-state index contributed by atoms with van der Waals surface area (Å²) in [6, 6.07) is 23.2. The van der Waals surface area contributed by atoms with Crippen LogP contribution in [0, 0.1) is 0 Å². The molecule has 0 aromatic heterocycles. The molecule has 1 aliphatic rings. The summed E-state index contributed by atoms with van der Waals surface area (Å²) in [6.45, 7) is 0.440. The molecule has 3 amide bonds. The van der Waals surface area contributed by atoms with E-state index in [4.69, 9.17) is 4.74 Å². The van der Waals surface area contributed by atoms with E-state index in [1.165, 1.54) is 0 Å². The Morgan fingerprint density at radius 1 is 0.875 bits per heavy atom. The lowest BCUT2D eigenvalue weighted by Crippen LogP contribution is -2.33. The maximum Gasteiger partial charge on any atom is 0.251 e. The Hall–Kier alpha value is -4.13. The zero-order valence-corrected chi connectivity index (χ0v) is 17.4. The van der Waals surface area contributed by atoms with Gasteiger partial charge < -0.3 is 20.3 Å². The quantitative estimate of drug-likeness (QED) is 0.595. The second-order valence-corrected chi connectivity index (χ2v) is 7.34. The number of rotatable bonds is 7. The van der Waals surface area contributed by atoms with Gasteiger partial charge in [0.15, 0.2) is 0 Å². The number of amides is 3. The van der Waals surface area contributed by atoms with Crippen LogP contribution in [-0.2, 0) is 9.59 Å². The van der Waals surface area contributed by atoms with Crippen molar-refractivity contribution in [3.63, 3.8) is 0 Å². The predicted molar refractivity (Wildman–Crippen MR) is 122 cm³/mol. The SMILES string of the molecule is O=C(CNC(=O)c1ccc(Oc2ccccc2)cc1)Nc1ccccc1N1CCCC1=O. The van der Waals surface area contributed by atoms with E-state index < -0.39 is 0 Å². The van der Waals surface area contributed by atoms with Gasteiger partial charge in [-0.15, -0.1) is 0 Å². The van der Waals surface area contributed by atoms with Crippen LogP contribution in [-0.4, -0.2) is 30.8 Å². The normalized spacial score (nSPS) is 13.0. The molecule has 7 nitrogen and oxygen atoms in total. The lowest BCUT2D eigenvalue weighted by atomic mass is 10.2. The van der Waals surface area contributed by atoms with E-state index in [0.29, 0.717) is 41.4 Å². The number of para-hydroxylation sites is 3. The third-order valence-electron chi connectivity index (χ3n) is 5.05. The van der Waals surface area contributed by atoms with Crippen molar-refractivity contribution in [3.8, 4) is 11.5 Å². The first-order chi connectivity index (χ1) is 15.6. The van der Waals surface area contributed by atoms with Gasteiger partial charge in [-0.3, -0.25) is 14.4 Å². The topological polar surface area (TPSA) is 87.7 Å². The summed E-state index contributed by atoms with van der Waals surface area (Å²) in [5.41, 5.74) is 1.63. The molecular formula is C25H23N3O4. The number of carbonyl (C=O) groups is 3. The van der Waals surface area contributed by atoms with Crippen molar-refractivity contribution >= 4 is 29.1 Å². The monoisotopic (exact) mass is 429 g/mol. The number of anilines is 2. The highest BCUT2D eigenvalue weighted by Gasteiger charge is 2.24. The fraction of sp³-hybridized carbons (Fsp3) is 0.160. The van der Waals surface area contributed by atoms with Gasteiger partial charge in [-0.25, -0.2) is 0 Å². The molecule has 32 heavy (non-hydrogen) atoms. The molecule has 4 rings (SSSR count). The lowest BCUT2D eigenvalue weighted by molar-refractivity contribution is -0.117. The van der Waals surface area contributed by atoms with Gasteiger partial charge in [0.25, 0.3) is 5.91 Å². The molecular weight excluding hydrogens is 406 g/mol. The van der Waals surface area contributed by atoms with Crippen molar-refractivity contribution in [1.82, 2.24) is 5.32 Å². The third-order valence-corrected chi connectivity index (χ3v) is 5.05. The average Bonchev–Trinajstić information content (AvgIpc) is 3.24. The first-order valence-corrected chi connectivity index (χ1v) is 10.4. The molecule has 2 N–H and O–H groups in total. The lowest BCUT2D eigenvalue weighted by Gasteiger charge is -2.20. The van der Waals surface area contributed by atoms with Gasteiger partial charge in [0.05, 0.1) is 17.9 Å². The van der Waals surface area contributed by atoms with Crippen LogP contribution in [0.5, 0.6) is 11.5 Å². The van der Waals surface area contributed by atoms with Crippen molar-refractivity contribution in [2.45, 2.75) is 12.8 Å². The summed E-state index contributed by atoms with van der Waals surface area (Å²) in [7, 11) is 0. The van der Waals surface area contributed by atoms with Gasteiger partial charge in [-0.1, -0.05) is 30.3 Å². The van der Waals surface area contributed by atoms with Gasteiger partial charge in [-0.05, 0) is 55.0 Å². The number of carbonyl (C=O) groups excluding carboxylic acids is 3. The minimum atomic E-state index is -0.374. The first-order valence-electron chi connectivity index (χ1n) is 10.4. The third kappa shape index (κ3) is 5.13. The van der Waals surface area contributed by atoms with E-state index in [2.05, 4.69) is 10.6 Å². The predicted octanol–water partition coefficient (Wildman–Crippen LogP) is 3.97. The number of ether oxygens (including phenoxy) is 1. The Balaban J connectivity index is 1.32. The Morgan fingerprint density at radius 2 is 1.56 bits per heavy atom. The summed E-state index contributed by atoms with van der Waals surface area (Å²) >= 11 is 0. The van der Waals surface area contributed by atoms with Gasteiger partial charge in [0.2, 0.25) is 11.8 Å². The highest BCUT2D eigenvalue weighted by atomic mass is 16.5. The Morgan fingerprint density at radius 3 is 2.28 bits per heavy atom. The molecule has 7 heteroatoms. The van der Waals surface area contributed by atoms with Gasteiger partial charge in [-0.2, -0.15) is 0 Å². The highest BCUT2D eigenvalue weighted by Crippen LogP contribution is 2.29. The van der Waals surface area contributed by atoms with Crippen LogP contribution < -0.4 is 20.3 Å². The summed E-state index contributed by atoms with van der Waals surface area (Å²) < 4.78 is 5.71. The van der Waals surface area contributed by atoms with E-state index in [-0.39, 0.29) is 24.3 Å². The zero-order valence-electron chi connectivity index (χ0n) is 17.4. The molecule has 0 bridgehead atoms. The molecule has 1 fully saturated rings.